The minimum atomic E-state index is 0.153. The SMILES string of the molecule is CCCCc1cccc(CO)c1. The van der Waals surface area contributed by atoms with Crippen LogP contribution in [0, 0.1) is 0 Å². The zero-order chi connectivity index (χ0) is 8.81. The molecule has 0 saturated carbocycles. The van der Waals surface area contributed by atoms with Crippen molar-refractivity contribution in [3.8, 4) is 0 Å². The standard InChI is InChI=1S/C11H16O/c1-2-3-5-10-6-4-7-11(8-10)9-12/h4,6-8,12H,2-3,5,9H2,1H3. The third-order valence-electron chi connectivity index (χ3n) is 1.99. The highest BCUT2D eigenvalue weighted by Gasteiger charge is 1.93. The first kappa shape index (κ1) is 9.27. The summed E-state index contributed by atoms with van der Waals surface area (Å²) in [6.45, 7) is 2.34. The molecule has 0 heterocycles. The van der Waals surface area contributed by atoms with Gasteiger partial charge in [0.1, 0.15) is 0 Å². The molecular formula is C11H16O. The Balaban J connectivity index is 2.60. The lowest BCUT2D eigenvalue weighted by molar-refractivity contribution is 0.281. The van der Waals surface area contributed by atoms with Crippen LogP contribution in [0.5, 0.6) is 0 Å². The number of benzene rings is 1. The molecule has 0 unspecified atom stereocenters. The molecule has 66 valence electrons. The molecule has 1 rings (SSSR count). The summed E-state index contributed by atoms with van der Waals surface area (Å²) in [6, 6.07) is 8.16. The second-order valence-corrected chi connectivity index (χ2v) is 3.08. The van der Waals surface area contributed by atoms with Crippen LogP contribution in [-0.2, 0) is 13.0 Å². The van der Waals surface area contributed by atoms with E-state index in [1.807, 2.05) is 12.1 Å². The summed E-state index contributed by atoms with van der Waals surface area (Å²) in [6.07, 6.45) is 3.59. The van der Waals surface area contributed by atoms with Crippen molar-refractivity contribution in [2.45, 2.75) is 32.8 Å². The van der Waals surface area contributed by atoms with Crippen molar-refractivity contribution < 1.29 is 5.11 Å². The van der Waals surface area contributed by atoms with E-state index in [2.05, 4.69) is 19.1 Å². The molecule has 0 saturated heterocycles. The summed E-state index contributed by atoms with van der Waals surface area (Å²) in [5, 5.41) is 8.89. The van der Waals surface area contributed by atoms with Crippen molar-refractivity contribution >= 4 is 0 Å². The number of rotatable bonds is 4. The van der Waals surface area contributed by atoms with Gasteiger partial charge in [0, 0.05) is 0 Å². The minimum Gasteiger partial charge on any atom is -0.392 e. The Bertz CT molecular complexity index is 230. The van der Waals surface area contributed by atoms with E-state index in [1.165, 1.54) is 18.4 Å². The first-order valence-corrected chi connectivity index (χ1v) is 4.55. The summed E-state index contributed by atoms with van der Waals surface area (Å²) in [5.74, 6) is 0. The lowest BCUT2D eigenvalue weighted by Gasteiger charge is -2.01. The minimum absolute atomic E-state index is 0.153. The zero-order valence-corrected chi connectivity index (χ0v) is 7.59. The Morgan fingerprint density at radius 1 is 1.25 bits per heavy atom. The summed E-state index contributed by atoms with van der Waals surface area (Å²) >= 11 is 0. The molecule has 0 spiro atoms. The van der Waals surface area contributed by atoms with Crippen molar-refractivity contribution in [2.75, 3.05) is 0 Å². The van der Waals surface area contributed by atoms with Crippen molar-refractivity contribution in [3.05, 3.63) is 35.4 Å². The maximum Gasteiger partial charge on any atom is 0.0681 e. The van der Waals surface area contributed by atoms with Crippen LogP contribution in [0.15, 0.2) is 24.3 Å². The highest BCUT2D eigenvalue weighted by Crippen LogP contribution is 2.08. The molecule has 1 aromatic rings. The van der Waals surface area contributed by atoms with Gasteiger partial charge in [-0.05, 0) is 24.0 Å². The van der Waals surface area contributed by atoms with Gasteiger partial charge in [0.05, 0.1) is 6.61 Å². The van der Waals surface area contributed by atoms with Gasteiger partial charge in [-0.3, -0.25) is 0 Å². The van der Waals surface area contributed by atoms with Gasteiger partial charge in [0.2, 0.25) is 0 Å². The second kappa shape index (κ2) is 4.94. The lowest BCUT2D eigenvalue weighted by atomic mass is 10.1. The van der Waals surface area contributed by atoms with Gasteiger partial charge in [-0.15, -0.1) is 0 Å². The van der Waals surface area contributed by atoms with E-state index < -0.39 is 0 Å². The van der Waals surface area contributed by atoms with Crippen LogP contribution in [-0.4, -0.2) is 5.11 Å². The number of aliphatic hydroxyl groups excluding tert-OH is 1. The fourth-order valence-corrected chi connectivity index (χ4v) is 1.26. The maximum atomic E-state index is 8.89. The van der Waals surface area contributed by atoms with Crippen LogP contribution in [0.25, 0.3) is 0 Å². The molecule has 12 heavy (non-hydrogen) atoms. The number of unbranched alkanes of at least 4 members (excludes halogenated alkanes) is 1. The average Bonchev–Trinajstić information content (AvgIpc) is 2.15. The summed E-state index contributed by atoms with van der Waals surface area (Å²) in [4.78, 5) is 0. The first-order valence-electron chi connectivity index (χ1n) is 4.55. The van der Waals surface area contributed by atoms with Gasteiger partial charge in [-0.25, -0.2) is 0 Å². The van der Waals surface area contributed by atoms with E-state index >= 15 is 0 Å². The molecular weight excluding hydrogens is 148 g/mol. The summed E-state index contributed by atoms with van der Waals surface area (Å²) < 4.78 is 0. The smallest absolute Gasteiger partial charge is 0.0681 e. The molecule has 0 aliphatic rings. The van der Waals surface area contributed by atoms with Gasteiger partial charge < -0.3 is 5.11 Å². The van der Waals surface area contributed by atoms with E-state index in [-0.39, 0.29) is 6.61 Å². The molecule has 0 amide bonds. The molecule has 1 heteroatoms. The van der Waals surface area contributed by atoms with Crippen LogP contribution in [0.2, 0.25) is 0 Å². The van der Waals surface area contributed by atoms with Crippen molar-refractivity contribution in [3.63, 3.8) is 0 Å². The van der Waals surface area contributed by atoms with Crippen molar-refractivity contribution in [1.29, 1.82) is 0 Å². The van der Waals surface area contributed by atoms with Crippen LogP contribution in [0.1, 0.15) is 30.9 Å². The zero-order valence-electron chi connectivity index (χ0n) is 7.59. The average molecular weight is 164 g/mol. The Hall–Kier alpha value is -0.820. The monoisotopic (exact) mass is 164 g/mol. The normalized spacial score (nSPS) is 10.2. The van der Waals surface area contributed by atoms with Gasteiger partial charge in [0.25, 0.3) is 0 Å². The Morgan fingerprint density at radius 3 is 2.67 bits per heavy atom. The third-order valence-corrected chi connectivity index (χ3v) is 1.99. The molecule has 0 aromatic heterocycles. The highest BCUT2D eigenvalue weighted by atomic mass is 16.3. The molecule has 1 nitrogen and oxygen atoms in total. The van der Waals surface area contributed by atoms with Crippen LogP contribution in [0.4, 0.5) is 0 Å². The maximum absolute atomic E-state index is 8.89. The van der Waals surface area contributed by atoms with Gasteiger partial charge in [-0.2, -0.15) is 0 Å². The predicted molar refractivity (Wildman–Crippen MR) is 51.0 cm³/mol. The molecule has 1 N–H and O–H groups in total. The quantitative estimate of drug-likeness (QED) is 0.725. The van der Waals surface area contributed by atoms with Crippen molar-refractivity contribution in [2.24, 2.45) is 0 Å². The summed E-state index contributed by atoms with van der Waals surface area (Å²) in [5.41, 5.74) is 2.35. The molecule has 1 aromatic carbocycles. The largest absolute Gasteiger partial charge is 0.392 e. The van der Waals surface area contributed by atoms with E-state index in [1.54, 1.807) is 0 Å². The van der Waals surface area contributed by atoms with Crippen LogP contribution >= 0.6 is 0 Å². The highest BCUT2D eigenvalue weighted by molar-refractivity contribution is 5.22. The van der Waals surface area contributed by atoms with E-state index in [9.17, 15) is 0 Å². The molecule has 0 bridgehead atoms. The lowest BCUT2D eigenvalue weighted by Crippen LogP contribution is -1.88. The summed E-state index contributed by atoms with van der Waals surface area (Å²) in [7, 11) is 0. The predicted octanol–water partition coefficient (Wildman–Crippen LogP) is 2.52. The Labute approximate surface area is 74.1 Å². The van der Waals surface area contributed by atoms with Crippen molar-refractivity contribution in [1.82, 2.24) is 0 Å². The third kappa shape index (κ3) is 2.67. The number of aryl methyl sites for hydroxylation is 1. The molecule has 0 radical (unpaired) electrons. The fraction of sp³-hybridized carbons (Fsp3) is 0.455. The Morgan fingerprint density at radius 2 is 2.00 bits per heavy atom. The van der Waals surface area contributed by atoms with Gasteiger partial charge in [0.15, 0.2) is 0 Å². The van der Waals surface area contributed by atoms with E-state index in [4.69, 9.17) is 5.11 Å². The molecule has 0 aliphatic carbocycles. The topological polar surface area (TPSA) is 20.2 Å². The number of hydrogen-bond donors (Lipinski definition) is 1. The number of hydrogen-bond acceptors (Lipinski definition) is 1. The van der Waals surface area contributed by atoms with Gasteiger partial charge >= 0.3 is 0 Å². The second-order valence-electron chi connectivity index (χ2n) is 3.08. The first-order chi connectivity index (χ1) is 5.86. The molecule has 0 atom stereocenters. The van der Waals surface area contributed by atoms with E-state index in [0.29, 0.717) is 0 Å². The van der Waals surface area contributed by atoms with Crippen LogP contribution < -0.4 is 0 Å². The number of aliphatic hydroxyl groups is 1. The molecule has 0 fully saturated rings. The van der Waals surface area contributed by atoms with E-state index in [0.717, 1.165) is 12.0 Å². The van der Waals surface area contributed by atoms with Gasteiger partial charge in [-0.1, -0.05) is 37.6 Å². The van der Waals surface area contributed by atoms with Crippen LogP contribution in [0.3, 0.4) is 0 Å². The fourth-order valence-electron chi connectivity index (χ4n) is 1.26. The Kier molecular flexibility index (Phi) is 3.81. The molecule has 0 aliphatic heterocycles.